The van der Waals surface area contributed by atoms with Crippen molar-refractivity contribution in [3.05, 3.63) is 65.0 Å². The van der Waals surface area contributed by atoms with Crippen molar-refractivity contribution in [2.24, 2.45) is 10.3 Å². The van der Waals surface area contributed by atoms with Gasteiger partial charge in [-0.1, -0.05) is 28.9 Å². The van der Waals surface area contributed by atoms with E-state index in [1.807, 2.05) is 0 Å². The monoisotopic (exact) mass is 469 g/mol. The lowest BCUT2D eigenvalue weighted by molar-refractivity contribution is -0.159. The molecule has 2 aromatic carbocycles. The molecule has 3 aromatic rings. The van der Waals surface area contributed by atoms with Crippen LogP contribution in [0, 0.1) is 5.92 Å². The van der Waals surface area contributed by atoms with Crippen LogP contribution >= 0.6 is 11.6 Å². The molecule has 1 heterocycles. The fraction of sp³-hybridized carbons (Fsp3) is 0.250. The second-order valence-corrected chi connectivity index (χ2v) is 9.80. The standard InChI is InChI=1S/C20H15ClF3N3O3S/c21-15-7-9-16(10-8-15)31(29,11-12-1-2-12)27-18(28)14-5-3-13(4-6-14)17-25-19(30-26-17)20(22,23)24/h3-10,12H,1-2,11H2. The van der Waals surface area contributed by atoms with E-state index in [1.165, 1.54) is 24.3 Å². The number of carbonyl (C=O) groups is 1. The first-order valence-corrected chi connectivity index (χ1v) is 11.3. The van der Waals surface area contributed by atoms with Crippen LogP contribution in [0.15, 0.2) is 62.3 Å². The van der Waals surface area contributed by atoms with Gasteiger partial charge < -0.3 is 4.52 Å². The molecule has 31 heavy (non-hydrogen) atoms. The van der Waals surface area contributed by atoms with E-state index in [0.717, 1.165) is 12.8 Å². The van der Waals surface area contributed by atoms with Gasteiger partial charge in [-0.3, -0.25) is 4.79 Å². The van der Waals surface area contributed by atoms with Gasteiger partial charge in [0, 0.05) is 26.8 Å². The van der Waals surface area contributed by atoms with Crippen molar-refractivity contribution in [2.75, 3.05) is 5.75 Å². The summed E-state index contributed by atoms with van der Waals surface area (Å²) in [4.78, 5) is 16.5. The van der Waals surface area contributed by atoms with Crippen LogP contribution in [0.1, 0.15) is 29.1 Å². The molecule has 0 radical (unpaired) electrons. The molecule has 6 nitrogen and oxygen atoms in total. The fourth-order valence-electron chi connectivity index (χ4n) is 2.84. The first-order chi connectivity index (χ1) is 14.6. The predicted octanol–water partition coefficient (Wildman–Crippen LogP) is 5.49. The average Bonchev–Trinajstić information content (AvgIpc) is 3.37. The van der Waals surface area contributed by atoms with E-state index >= 15 is 0 Å². The smallest absolute Gasteiger partial charge is 0.329 e. The van der Waals surface area contributed by atoms with Crippen molar-refractivity contribution in [1.29, 1.82) is 0 Å². The van der Waals surface area contributed by atoms with Crippen molar-refractivity contribution >= 4 is 27.2 Å². The van der Waals surface area contributed by atoms with Gasteiger partial charge in [0.05, 0.1) is 9.73 Å². The lowest BCUT2D eigenvalue weighted by atomic mass is 10.1. The van der Waals surface area contributed by atoms with Crippen LogP contribution in [0.4, 0.5) is 13.2 Å². The highest BCUT2D eigenvalue weighted by Gasteiger charge is 2.38. The number of rotatable bonds is 5. The number of benzene rings is 2. The first kappa shape index (κ1) is 21.5. The highest BCUT2D eigenvalue weighted by molar-refractivity contribution is 7.94. The highest BCUT2D eigenvalue weighted by atomic mass is 35.5. The van der Waals surface area contributed by atoms with Crippen LogP contribution in [0.5, 0.6) is 0 Å². The zero-order valence-electron chi connectivity index (χ0n) is 15.8. The molecule has 1 aliphatic rings. The topological polar surface area (TPSA) is 85.4 Å². The minimum atomic E-state index is -4.75. The summed E-state index contributed by atoms with van der Waals surface area (Å²) in [5.41, 5.74) is 0.369. The van der Waals surface area contributed by atoms with Crippen LogP contribution in [0.25, 0.3) is 11.4 Å². The number of aromatic nitrogens is 2. The molecule has 0 saturated heterocycles. The molecule has 1 saturated carbocycles. The van der Waals surface area contributed by atoms with E-state index in [-0.39, 0.29) is 28.6 Å². The number of nitrogens with zero attached hydrogens (tertiary/aromatic N) is 3. The fourth-order valence-corrected chi connectivity index (χ4v) is 5.25. The molecule has 11 heteroatoms. The Bertz CT molecular complexity index is 1230. The number of alkyl halides is 3. The molecular formula is C20H15ClF3N3O3S. The van der Waals surface area contributed by atoms with Crippen molar-refractivity contribution < 1.29 is 26.7 Å². The second-order valence-electron chi connectivity index (χ2n) is 7.10. The Labute approximate surface area is 180 Å². The van der Waals surface area contributed by atoms with Gasteiger partial charge >= 0.3 is 12.1 Å². The molecule has 0 bridgehead atoms. The Morgan fingerprint density at radius 1 is 1.13 bits per heavy atom. The first-order valence-electron chi connectivity index (χ1n) is 9.20. The van der Waals surface area contributed by atoms with E-state index in [9.17, 15) is 22.2 Å². The average molecular weight is 470 g/mol. The van der Waals surface area contributed by atoms with E-state index in [2.05, 4.69) is 19.0 Å². The summed E-state index contributed by atoms with van der Waals surface area (Å²) >= 11 is 5.90. The molecular weight excluding hydrogens is 455 g/mol. The normalized spacial score (nSPS) is 16.0. The zero-order valence-corrected chi connectivity index (χ0v) is 17.4. The Hall–Kier alpha value is -2.72. The molecule has 0 aliphatic heterocycles. The summed E-state index contributed by atoms with van der Waals surface area (Å²) in [5.74, 6) is -1.87. The number of hydrogen-bond donors (Lipinski definition) is 0. The number of halogens is 4. The summed E-state index contributed by atoms with van der Waals surface area (Å²) < 4.78 is 59.6. The van der Waals surface area contributed by atoms with Gasteiger partial charge in [-0.05, 0) is 55.2 Å². The van der Waals surface area contributed by atoms with E-state index in [4.69, 9.17) is 11.6 Å². The Morgan fingerprint density at radius 2 is 1.77 bits per heavy atom. The maximum Gasteiger partial charge on any atom is 0.471 e. The lowest BCUT2D eigenvalue weighted by Gasteiger charge is -2.10. The molecule has 0 spiro atoms. The molecule has 1 atom stereocenters. The molecule has 1 amide bonds. The molecule has 0 N–H and O–H groups in total. The number of amides is 1. The molecule has 162 valence electrons. The maximum atomic E-state index is 13.5. The maximum absolute atomic E-state index is 13.5. The van der Waals surface area contributed by atoms with Gasteiger partial charge in [0.15, 0.2) is 0 Å². The van der Waals surface area contributed by atoms with Gasteiger partial charge in [0.2, 0.25) is 5.82 Å². The van der Waals surface area contributed by atoms with Gasteiger partial charge in [0.1, 0.15) is 0 Å². The Morgan fingerprint density at radius 3 is 2.32 bits per heavy atom. The van der Waals surface area contributed by atoms with E-state index in [0.29, 0.717) is 9.92 Å². The van der Waals surface area contributed by atoms with Gasteiger partial charge in [0.25, 0.3) is 5.91 Å². The third-order valence-electron chi connectivity index (χ3n) is 4.63. The third kappa shape index (κ3) is 4.96. The Kier molecular flexibility index (Phi) is 5.61. The quantitative estimate of drug-likeness (QED) is 0.493. The molecule has 1 aliphatic carbocycles. The van der Waals surface area contributed by atoms with Gasteiger partial charge in [-0.15, -0.1) is 0 Å². The van der Waals surface area contributed by atoms with Gasteiger partial charge in [-0.2, -0.15) is 22.5 Å². The summed E-state index contributed by atoms with van der Waals surface area (Å²) in [7, 11) is -2.99. The lowest BCUT2D eigenvalue weighted by Crippen LogP contribution is -2.11. The minimum absolute atomic E-state index is 0.140. The summed E-state index contributed by atoms with van der Waals surface area (Å²) in [6.07, 6.45) is -2.87. The van der Waals surface area contributed by atoms with Crippen molar-refractivity contribution in [1.82, 2.24) is 10.1 Å². The third-order valence-corrected chi connectivity index (χ3v) is 7.27. The number of hydrogen-bond acceptors (Lipinski definition) is 5. The molecule has 1 aromatic heterocycles. The van der Waals surface area contributed by atoms with Crippen molar-refractivity contribution in [3.8, 4) is 11.4 Å². The van der Waals surface area contributed by atoms with Crippen LogP contribution in [-0.2, 0) is 15.9 Å². The van der Waals surface area contributed by atoms with E-state index < -0.39 is 27.7 Å². The van der Waals surface area contributed by atoms with Crippen LogP contribution in [0.3, 0.4) is 0 Å². The Balaban J connectivity index is 1.61. The second kappa shape index (κ2) is 8.08. The van der Waals surface area contributed by atoms with Crippen LogP contribution in [0.2, 0.25) is 5.02 Å². The molecule has 1 unspecified atom stereocenters. The summed E-state index contributed by atoms with van der Waals surface area (Å²) in [5, 5.41) is 3.78. The predicted molar refractivity (Wildman–Crippen MR) is 107 cm³/mol. The zero-order chi connectivity index (χ0) is 22.2. The minimum Gasteiger partial charge on any atom is -0.329 e. The SMILES string of the molecule is O=C(N=S(=O)(CC1CC1)c1ccc(Cl)cc1)c1ccc(-c2noc(C(F)(F)F)n2)cc1. The van der Waals surface area contributed by atoms with Crippen LogP contribution in [-0.4, -0.2) is 26.0 Å². The van der Waals surface area contributed by atoms with E-state index in [1.54, 1.807) is 24.3 Å². The molecule has 4 rings (SSSR count). The number of carbonyl (C=O) groups excluding carboxylic acids is 1. The van der Waals surface area contributed by atoms with Crippen molar-refractivity contribution in [3.63, 3.8) is 0 Å². The molecule has 1 fully saturated rings. The van der Waals surface area contributed by atoms with Crippen LogP contribution < -0.4 is 0 Å². The summed E-state index contributed by atoms with van der Waals surface area (Å²) in [6.45, 7) is 0. The van der Waals surface area contributed by atoms with Crippen molar-refractivity contribution in [2.45, 2.75) is 23.9 Å². The van der Waals surface area contributed by atoms with Gasteiger partial charge in [-0.25, -0.2) is 4.21 Å². The summed E-state index contributed by atoms with van der Waals surface area (Å²) in [6, 6.07) is 11.9. The largest absolute Gasteiger partial charge is 0.471 e. The highest BCUT2D eigenvalue weighted by Crippen LogP contribution is 2.34.